The minimum absolute atomic E-state index is 0.477. The number of thiophene rings is 1. The van der Waals surface area contributed by atoms with Gasteiger partial charge in [0.15, 0.2) is 0 Å². The average Bonchev–Trinajstić information content (AvgIpc) is 3.18. The Labute approximate surface area is 130 Å². The summed E-state index contributed by atoms with van der Waals surface area (Å²) in [7, 11) is 0. The molecule has 0 spiro atoms. The van der Waals surface area contributed by atoms with Gasteiger partial charge in [0, 0.05) is 19.1 Å². The second-order valence-corrected chi connectivity index (χ2v) is 6.73. The molecule has 2 atom stereocenters. The van der Waals surface area contributed by atoms with E-state index in [0.717, 1.165) is 42.0 Å². The summed E-state index contributed by atoms with van der Waals surface area (Å²) in [6, 6.07) is 4.53. The quantitative estimate of drug-likeness (QED) is 0.920. The number of hydrogen-bond donors (Lipinski definition) is 1. The molecule has 1 fully saturated rings. The number of aromatic nitrogens is 1. The molecule has 5 heteroatoms. The number of rotatable bonds is 5. The normalized spacial score (nSPS) is 23.5. The number of nitrogens with zero attached hydrogens (tertiary/aromatic N) is 2. The van der Waals surface area contributed by atoms with Crippen LogP contribution in [0.25, 0.3) is 10.8 Å². The zero-order chi connectivity index (χ0) is 14.7. The Bertz CT molecular complexity index is 552. The van der Waals surface area contributed by atoms with Crippen LogP contribution in [0.3, 0.4) is 0 Å². The van der Waals surface area contributed by atoms with Crippen LogP contribution in [0.5, 0.6) is 0 Å². The lowest BCUT2D eigenvalue weighted by Gasteiger charge is -2.38. The van der Waals surface area contributed by atoms with Gasteiger partial charge >= 0.3 is 0 Å². The molecular formula is C16H23N3OS. The van der Waals surface area contributed by atoms with Gasteiger partial charge in [-0.2, -0.15) is 0 Å². The lowest BCUT2D eigenvalue weighted by molar-refractivity contribution is 0.106. The fourth-order valence-corrected chi connectivity index (χ4v) is 3.76. The molecule has 4 nitrogen and oxygen atoms in total. The lowest BCUT2D eigenvalue weighted by Crippen LogP contribution is -2.46. The minimum Gasteiger partial charge on any atom is -0.444 e. The van der Waals surface area contributed by atoms with Gasteiger partial charge in [-0.15, -0.1) is 11.3 Å². The average molecular weight is 305 g/mol. The topological polar surface area (TPSA) is 55.3 Å². The van der Waals surface area contributed by atoms with E-state index in [1.807, 2.05) is 17.5 Å². The van der Waals surface area contributed by atoms with Crippen molar-refractivity contribution in [2.24, 2.45) is 11.7 Å². The molecular weight excluding hydrogens is 282 g/mol. The van der Waals surface area contributed by atoms with Crippen LogP contribution in [-0.2, 0) is 6.54 Å². The number of oxazole rings is 1. The monoisotopic (exact) mass is 305 g/mol. The molecule has 114 valence electrons. The number of hydrogen-bond acceptors (Lipinski definition) is 5. The van der Waals surface area contributed by atoms with E-state index in [-0.39, 0.29) is 0 Å². The molecule has 1 aliphatic heterocycles. The van der Waals surface area contributed by atoms with Crippen LogP contribution in [0.2, 0.25) is 0 Å². The highest BCUT2D eigenvalue weighted by Gasteiger charge is 2.27. The van der Waals surface area contributed by atoms with E-state index >= 15 is 0 Å². The molecule has 2 aromatic heterocycles. The van der Waals surface area contributed by atoms with Crippen molar-refractivity contribution < 1.29 is 4.42 Å². The van der Waals surface area contributed by atoms with Gasteiger partial charge in [-0.1, -0.05) is 19.4 Å². The van der Waals surface area contributed by atoms with Crippen LogP contribution < -0.4 is 5.73 Å². The van der Waals surface area contributed by atoms with Crippen molar-refractivity contribution in [1.82, 2.24) is 9.88 Å². The molecule has 1 aliphatic rings. The van der Waals surface area contributed by atoms with Crippen LogP contribution in [0.1, 0.15) is 31.9 Å². The Kier molecular flexibility index (Phi) is 4.73. The summed E-state index contributed by atoms with van der Waals surface area (Å²) in [6.07, 6.45) is 5.52. The number of piperidine rings is 1. The first-order valence-corrected chi connectivity index (χ1v) is 8.60. The first kappa shape index (κ1) is 14.8. The standard InChI is InChI=1S/C16H23N3OS/c1-2-12-5-6-19(14(8-12)9-17)10-13-11-20-16(18-13)15-4-3-7-21-15/h3-4,7,11-12,14H,2,5-6,8-10,17H2,1H3. The van der Waals surface area contributed by atoms with Gasteiger partial charge in [-0.25, -0.2) is 4.98 Å². The van der Waals surface area contributed by atoms with Crippen molar-refractivity contribution in [1.29, 1.82) is 0 Å². The van der Waals surface area contributed by atoms with Gasteiger partial charge < -0.3 is 10.2 Å². The number of likely N-dealkylation sites (tertiary alicyclic amines) is 1. The fourth-order valence-electron chi connectivity index (χ4n) is 3.11. The largest absolute Gasteiger partial charge is 0.444 e. The van der Waals surface area contributed by atoms with Gasteiger partial charge in [-0.3, -0.25) is 4.90 Å². The summed E-state index contributed by atoms with van der Waals surface area (Å²) >= 11 is 1.65. The van der Waals surface area contributed by atoms with E-state index in [1.165, 1.54) is 19.3 Å². The van der Waals surface area contributed by atoms with Crippen molar-refractivity contribution in [3.63, 3.8) is 0 Å². The Balaban J connectivity index is 1.66. The zero-order valence-electron chi connectivity index (χ0n) is 12.5. The summed E-state index contributed by atoms with van der Waals surface area (Å²) in [5.74, 6) is 1.56. The van der Waals surface area contributed by atoms with Crippen LogP contribution in [0.4, 0.5) is 0 Å². The lowest BCUT2D eigenvalue weighted by atomic mass is 9.89. The van der Waals surface area contributed by atoms with Gasteiger partial charge in [0.2, 0.25) is 5.89 Å². The molecule has 2 N–H and O–H groups in total. The summed E-state index contributed by atoms with van der Waals surface area (Å²) < 4.78 is 5.60. The third-order valence-corrected chi connectivity index (χ3v) is 5.30. The highest BCUT2D eigenvalue weighted by atomic mass is 32.1. The predicted octanol–water partition coefficient (Wildman–Crippen LogP) is 3.35. The molecule has 2 unspecified atom stereocenters. The van der Waals surface area contributed by atoms with E-state index in [1.54, 1.807) is 17.6 Å². The Morgan fingerprint density at radius 3 is 3.14 bits per heavy atom. The second kappa shape index (κ2) is 6.73. The molecule has 0 aromatic carbocycles. The second-order valence-electron chi connectivity index (χ2n) is 5.78. The highest BCUT2D eigenvalue weighted by molar-refractivity contribution is 7.13. The van der Waals surface area contributed by atoms with Crippen molar-refractivity contribution in [2.45, 2.75) is 38.8 Å². The molecule has 0 amide bonds. The third-order valence-electron chi connectivity index (χ3n) is 4.44. The van der Waals surface area contributed by atoms with Crippen LogP contribution in [-0.4, -0.2) is 29.0 Å². The molecule has 0 radical (unpaired) electrons. The molecule has 0 bridgehead atoms. The van der Waals surface area contributed by atoms with E-state index in [9.17, 15) is 0 Å². The van der Waals surface area contributed by atoms with Crippen LogP contribution in [0, 0.1) is 5.92 Å². The van der Waals surface area contributed by atoms with Crippen LogP contribution >= 0.6 is 11.3 Å². The summed E-state index contributed by atoms with van der Waals surface area (Å²) in [4.78, 5) is 8.16. The zero-order valence-corrected chi connectivity index (χ0v) is 13.3. The van der Waals surface area contributed by atoms with E-state index in [0.29, 0.717) is 6.04 Å². The van der Waals surface area contributed by atoms with E-state index in [2.05, 4.69) is 16.8 Å². The summed E-state index contributed by atoms with van der Waals surface area (Å²) in [5.41, 5.74) is 6.97. The molecule has 0 aliphatic carbocycles. The molecule has 21 heavy (non-hydrogen) atoms. The smallest absolute Gasteiger partial charge is 0.236 e. The van der Waals surface area contributed by atoms with Gasteiger partial charge in [0.25, 0.3) is 0 Å². The molecule has 2 aromatic rings. The SMILES string of the molecule is CCC1CCN(Cc2coc(-c3cccs3)n2)C(CN)C1. The maximum absolute atomic E-state index is 5.96. The van der Waals surface area contributed by atoms with Gasteiger partial charge in [-0.05, 0) is 36.8 Å². The van der Waals surface area contributed by atoms with Gasteiger partial charge in [0.05, 0.1) is 10.6 Å². The van der Waals surface area contributed by atoms with E-state index < -0.39 is 0 Å². The molecule has 3 rings (SSSR count). The maximum Gasteiger partial charge on any atom is 0.236 e. The summed E-state index contributed by atoms with van der Waals surface area (Å²) in [5, 5.41) is 2.04. The summed E-state index contributed by atoms with van der Waals surface area (Å²) in [6.45, 7) is 4.96. The van der Waals surface area contributed by atoms with Crippen LogP contribution in [0.15, 0.2) is 28.2 Å². The van der Waals surface area contributed by atoms with Crippen molar-refractivity contribution in [3.05, 3.63) is 29.5 Å². The molecule has 3 heterocycles. The Morgan fingerprint density at radius 2 is 2.43 bits per heavy atom. The first-order chi connectivity index (χ1) is 10.3. The Morgan fingerprint density at radius 1 is 1.52 bits per heavy atom. The van der Waals surface area contributed by atoms with Gasteiger partial charge in [0.1, 0.15) is 6.26 Å². The van der Waals surface area contributed by atoms with E-state index in [4.69, 9.17) is 10.2 Å². The minimum atomic E-state index is 0.477. The highest BCUT2D eigenvalue weighted by Crippen LogP contribution is 2.28. The predicted molar refractivity (Wildman–Crippen MR) is 86.1 cm³/mol. The fraction of sp³-hybridized carbons (Fsp3) is 0.562. The molecule has 1 saturated heterocycles. The van der Waals surface area contributed by atoms with Crippen molar-refractivity contribution in [2.75, 3.05) is 13.1 Å². The number of nitrogens with two attached hydrogens (primary N) is 1. The molecule has 0 saturated carbocycles. The maximum atomic E-state index is 5.96. The third kappa shape index (κ3) is 3.36. The Hall–Kier alpha value is -1.17. The first-order valence-electron chi connectivity index (χ1n) is 7.72. The van der Waals surface area contributed by atoms with Crippen molar-refractivity contribution >= 4 is 11.3 Å². The van der Waals surface area contributed by atoms with Crippen molar-refractivity contribution in [3.8, 4) is 10.8 Å².